The third-order valence-electron chi connectivity index (χ3n) is 1.99. The molecule has 0 atom stereocenters. The zero-order valence-electron chi connectivity index (χ0n) is 8.46. The molecule has 0 amide bonds. The molecule has 1 aromatic rings. The van der Waals surface area contributed by atoms with Crippen molar-refractivity contribution in [2.24, 2.45) is 0 Å². The number of hydrogen-bond donors (Lipinski definition) is 2. The van der Waals surface area contributed by atoms with Gasteiger partial charge in [0.05, 0.1) is 0 Å². The van der Waals surface area contributed by atoms with Crippen molar-refractivity contribution in [3.05, 3.63) is 29.3 Å². The molecule has 0 saturated carbocycles. The number of benzene rings is 1. The Morgan fingerprint density at radius 3 is 2.62 bits per heavy atom. The summed E-state index contributed by atoms with van der Waals surface area (Å²) in [5, 5.41) is 12.7. The van der Waals surface area contributed by atoms with Gasteiger partial charge in [0.1, 0.15) is 5.75 Å². The average Bonchev–Trinajstić information content (AvgIpc) is 2.07. The van der Waals surface area contributed by atoms with Gasteiger partial charge in [0.25, 0.3) is 0 Å². The molecule has 1 rings (SSSR count). The van der Waals surface area contributed by atoms with E-state index in [1.54, 1.807) is 0 Å². The van der Waals surface area contributed by atoms with Crippen LogP contribution in [-0.4, -0.2) is 11.1 Å². The third-order valence-corrected chi connectivity index (χ3v) is 1.99. The minimum absolute atomic E-state index is 0.378. The summed E-state index contributed by atoms with van der Waals surface area (Å²) in [4.78, 5) is 0. The number of aromatic hydroxyl groups is 1. The van der Waals surface area contributed by atoms with Gasteiger partial charge in [-0.2, -0.15) is 0 Å². The molecule has 0 radical (unpaired) electrons. The van der Waals surface area contributed by atoms with Gasteiger partial charge in [-0.1, -0.05) is 26.0 Å². The average molecular weight is 179 g/mol. The summed E-state index contributed by atoms with van der Waals surface area (Å²) in [6.07, 6.45) is 0. The molecule has 0 unspecified atom stereocenters. The smallest absolute Gasteiger partial charge is 0.118 e. The van der Waals surface area contributed by atoms with E-state index in [-0.39, 0.29) is 0 Å². The van der Waals surface area contributed by atoms with Gasteiger partial charge >= 0.3 is 0 Å². The van der Waals surface area contributed by atoms with Gasteiger partial charge in [-0.05, 0) is 24.1 Å². The monoisotopic (exact) mass is 179 g/mol. The first-order valence-electron chi connectivity index (χ1n) is 4.61. The van der Waals surface area contributed by atoms with Crippen molar-refractivity contribution >= 4 is 0 Å². The van der Waals surface area contributed by atoms with Crippen LogP contribution in [0.25, 0.3) is 0 Å². The highest BCUT2D eigenvalue weighted by atomic mass is 16.3. The number of phenols is 1. The summed E-state index contributed by atoms with van der Waals surface area (Å²) >= 11 is 0. The molecule has 2 nitrogen and oxygen atoms in total. The maximum atomic E-state index is 9.44. The molecule has 0 saturated heterocycles. The molecule has 0 aliphatic rings. The standard InChI is InChI=1S/C11H17NO/c1-8(2)12-7-10-5-4-9(3)11(13)6-10/h4-6,8,12-13H,7H2,1-3H3. The van der Waals surface area contributed by atoms with Crippen LogP contribution < -0.4 is 5.32 Å². The number of phenolic OH excluding ortho intramolecular Hbond substituents is 1. The van der Waals surface area contributed by atoms with E-state index >= 15 is 0 Å². The van der Waals surface area contributed by atoms with Crippen LogP contribution in [0, 0.1) is 6.92 Å². The molecule has 0 spiro atoms. The van der Waals surface area contributed by atoms with E-state index in [1.807, 2.05) is 25.1 Å². The first-order chi connectivity index (χ1) is 6.09. The number of nitrogens with one attached hydrogen (secondary N) is 1. The fraction of sp³-hybridized carbons (Fsp3) is 0.455. The molecule has 0 bridgehead atoms. The highest BCUT2D eigenvalue weighted by molar-refractivity contribution is 5.35. The Morgan fingerprint density at radius 2 is 2.08 bits per heavy atom. The summed E-state index contributed by atoms with van der Waals surface area (Å²) in [6.45, 7) is 6.92. The largest absolute Gasteiger partial charge is 0.508 e. The van der Waals surface area contributed by atoms with Crippen molar-refractivity contribution in [1.29, 1.82) is 0 Å². The fourth-order valence-corrected chi connectivity index (χ4v) is 1.09. The molecule has 1 aromatic carbocycles. The van der Waals surface area contributed by atoms with Crippen LogP contribution in [0.3, 0.4) is 0 Å². The van der Waals surface area contributed by atoms with E-state index < -0.39 is 0 Å². The number of hydrogen-bond acceptors (Lipinski definition) is 2. The molecule has 0 aliphatic carbocycles. The topological polar surface area (TPSA) is 32.3 Å². The number of rotatable bonds is 3. The second-order valence-corrected chi connectivity index (χ2v) is 3.66. The second kappa shape index (κ2) is 4.28. The van der Waals surface area contributed by atoms with Crippen LogP contribution in [0.4, 0.5) is 0 Å². The third kappa shape index (κ3) is 3.07. The first-order valence-corrected chi connectivity index (χ1v) is 4.61. The maximum absolute atomic E-state index is 9.44. The van der Waals surface area contributed by atoms with Crippen LogP contribution in [0.1, 0.15) is 25.0 Å². The molecule has 0 aliphatic heterocycles. The predicted octanol–water partition coefficient (Wildman–Crippen LogP) is 2.20. The van der Waals surface area contributed by atoms with Gasteiger partial charge in [-0.15, -0.1) is 0 Å². The van der Waals surface area contributed by atoms with Crippen molar-refractivity contribution in [3.8, 4) is 5.75 Å². The molecule has 72 valence electrons. The summed E-state index contributed by atoms with van der Waals surface area (Å²) in [5.74, 6) is 0.378. The number of aryl methyl sites for hydroxylation is 1. The minimum atomic E-state index is 0.378. The highest BCUT2D eigenvalue weighted by Crippen LogP contribution is 2.17. The molecular weight excluding hydrogens is 162 g/mol. The molecule has 0 heterocycles. The van der Waals surface area contributed by atoms with Gasteiger partial charge in [0, 0.05) is 12.6 Å². The van der Waals surface area contributed by atoms with Crippen LogP contribution in [-0.2, 0) is 6.54 Å². The van der Waals surface area contributed by atoms with Crippen LogP contribution in [0.5, 0.6) is 5.75 Å². The van der Waals surface area contributed by atoms with Crippen molar-refractivity contribution in [2.45, 2.75) is 33.4 Å². The van der Waals surface area contributed by atoms with Gasteiger partial charge in [0.2, 0.25) is 0 Å². The lowest BCUT2D eigenvalue weighted by Crippen LogP contribution is -2.21. The second-order valence-electron chi connectivity index (χ2n) is 3.66. The zero-order chi connectivity index (χ0) is 9.84. The Labute approximate surface area is 79.6 Å². The first kappa shape index (κ1) is 10.1. The summed E-state index contributed by atoms with van der Waals surface area (Å²) in [5.41, 5.74) is 2.05. The molecule has 13 heavy (non-hydrogen) atoms. The molecule has 0 aromatic heterocycles. The Hall–Kier alpha value is -1.02. The SMILES string of the molecule is Cc1ccc(CNC(C)C)cc1O. The van der Waals surface area contributed by atoms with Gasteiger partial charge < -0.3 is 10.4 Å². The van der Waals surface area contributed by atoms with Gasteiger partial charge in [-0.25, -0.2) is 0 Å². The van der Waals surface area contributed by atoms with E-state index in [9.17, 15) is 5.11 Å². The van der Waals surface area contributed by atoms with Crippen LogP contribution in [0.15, 0.2) is 18.2 Å². The summed E-state index contributed by atoms with van der Waals surface area (Å²) in [6, 6.07) is 6.25. The van der Waals surface area contributed by atoms with Crippen molar-refractivity contribution in [2.75, 3.05) is 0 Å². The van der Waals surface area contributed by atoms with Crippen molar-refractivity contribution < 1.29 is 5.11 Å². The Morgan fingerprint density at radius 1 is 1.38 bits per heavy atom. The Kier molecular flexibility index (Phi) is 3.32. The molecule has 2 N–H and O–H groups in total. The fourth-order valence-electron chi connectivity index (χ4n) is 1.09. The van der Waals surface area contributed by atoms with Crippen LogP contribution in [0.2, 0.25) is 0 Å². The Balaban J connectivity index is 2.63. The lowest BCUT2D eigenvalue weighted by molar-refractivity contribution is 0.469. The quantitative estimate of drug-likeness (QED) is 0.745. The summed E-state index contributed by atoms with van der Waals surface area (Å²) < 4.78 is 0. The van der Waals surface area contributed by atoms with Gasteiger partial charge in [-0.3, -0.25) is 0 Å². The van der Waals surface area contributed by atoms with E-state index in [4.69, 9.17) is 0 Å². The minimum Gasteiger partial charge on any atom is -0.508 e. The zero-order valence-corrected chi connectivity index (χ0v) is 8.46. The molecular formula is C11H17NO. The van der Waals surface area contributed by atoms with E-state index in [0.717, 1.165) is 17.7 Å². The van der Waals surface area contributed by atoms with Crippen LogP contribution >= 0.6 is 0 Å². The van der Waals surface area contributed by atoms with E-state index in [2.05, 4.69) is 19.2 Å². The van der Waals surface area contributed by atoms with Gasteiger partial charge in [0.15, 0.2) is 0 Å². The van der Waals surface area contributed by atoms with E-state index in [1.165, 1.54) is 0 Å². The lowest BCUT2D eigenvalue weighted by atomic mass is 10.1. The van der Waals surface area contributed by atoms with Crippen molar-refractivity contribution in [3.63, 3.8) is 0 Å². The normalized spacial score (nSPS) is 10.8. The maximum Gasteiger partial charge on any atom is 0.118 e. The molecule has 2 heteroatoms. The molecule has 0 fully saturated rings. The van der Waals surface area contributed by atoms with E-state index in [0.29, 0.717) is 11.8 Å². The summed E-state index contributed by atoms with van der Waals surface area (Å²) in [7, 11) is 0. The predicted molar refractivity (Wildman–Crippen MR) is 54.8 cm³/mol. The lowest BCUT2D eigenvalue weighted by Gasteiger charge is -2.08. The highest BCUT2D eigenvalue weighted by Gasteiger charge is 1.98. The Bertz CT molecular complexity index is 281. The van der Waals surface area contributed by atoms with Crippen molar-refractivity contribution in [1.82, 2.24) is 5.32 Å².